The van der Waals surface area contributed by atoms with Gasteiger partial charge in [-0.1, -0.05) is 6.58 Å². The van der Waals surface area contributed by atoms with Gasteiger partial charge in [0.1, 0.15) is 5.52 Å². The predicted molar refractivity (Wildman–Crippen MR) is 113 cm³/mol. The Morgan fingerprint density at radius 3 is 2.91 bits per heavy atom. The molecular weight excluding hydrogens is 420 g/mol. The lowest BCUT2D eigenvalue weighted by atomic mass is 9.81. The third-order valence-electron chi connectivity index (χ3n) is 6.36. The Bertz CT molecular complexity index is 1020. The van der Waals surface area contributed by atoms with Crippen LogP contribution in [0.15, 0.2) is 25.0 Å². The number of fused-ring (bicyclic) bond motifs is 1. The lowest BCUT2D eigenvalue weighted by Gasteiger charge is -2.37. The van der Waals surface area contributed by atoms with E-state index in [1.807, 2.05) is 0 Å². The number of carbonyl (C=O) groups is 2. The van der Waals surface area contributed by atoms with E-state index in [0.29, 0.717) is 36.2 Å². The number of rotatable bonds is 7. The van der Waals surface area contributed by atoms with Crippen LogP contribution in [0.5, 0.6) is 0 Å². The van der Waals surface area contributed by atoms with Crippen LogP contribution >= 0.6 is 0 Å². The monoisotopic (exact) mass is 447 g/mol. The normalized spacial score (nSPS) is 23.0. The summed E-state index contributed by atoms with van der Waals surface area (Å²) in [6.07, 6.45) is 5.35. The van der Waals surface area contributed by atoms with Crippen LogP contribution < -0.4 is 5.32 Å². The Labute approximate surface area is 184 Å². The molecule has 2 aromatic rings. The SMILES string of the molecule is C=CC(=O)N1CC[C@@H](Cc2cnc3[nH]cc(C(=O)NCC4CC(F)(F)C4)c3n2)[C@@H](OC)C1. The van der Waals surface area contributed by atoms with Crippen molar-refractivity contribution in [1.82, 2.24) is 25.2 Å². The van der Waals surface area contributed by atoms with Crippen LogP contribution in [0.1, 0.15) is 35.3 Å². The molecule has 2 aromatic heterocycles. The number of alkyl halides is 2. The van der Waals surface area contributed by atoms with Gasteiger partial charge in [0.2, 0.25) is 11.8 Å². The Balaban J connectivity index is 1.42. The number of aromatic amines is 1. The first-order chi connectivity index (χ1) is 15.3. The minimum atomic E-state index is -2.61. The van der Waals surface area contributed by atoms with Gasteiger partial charge < -0.3 is 19.9 Å². The summed E-state index contributed by atoms with van der Waals surface area (Å²) < 4.78 is 31.6. The zero-order valence-corrected chi connectivity index (χ0v) is 17.9. The molecule has 1 aliphatic heterocycles. The number of ether oxygens (including phenoxy) is 1. The highest BCUT2D eigenvalue weighted by atomic mass is 19.3. The largest absolute Gasteiger partial charge is 0.379 e. The van der Waals surface area contributed by atoms with Crippen LogP contribution in [-0.4, -0.2) is 70.4 Å². The Kier molecular flexibility index (Phi) is 6.23. The summed E-state index contributed by atoms with van der Waals surface area (Å²) in [6, 6.07) is 0. The molecule has 8 nitrogen and oxygen atoms in total. The number of nitrogens with one attached hydrogen (secondary N) is 2. The van der Waals surface area contributed by atoms with Crippen molar-refractivity contribution in [3.63, 3.8) is 0 Å². The van der Waals surface area contributed by atoms with Crippen LogP contribution in [0, 0.1) is 11.8 Å². The van der Waals surface area contributed by atoms with Crippen molar-refractivity contribution in [1.29, 1.82) is 0 Å². The van der Waals surface area contributed by atoms with E-state index < -0.39 is 5.92 Å². The molecule has 0 aromatic carbocycles. The summed E-state index contributed by atoms with van der Waals surface area (Å²) >= 11 is 0. The Morgan fingerprint density at radius 2 is 2.22 bits per heavy atom. The van der Waals surface area contributed by atoms with Gasteiger partial charge in [-0.15, -0.1) is 0 Å². The Hall–Kier alpha value is -2.88. The van der Waals surface area contributed by atoms with E-state index in [2.05, 4.69) is 26.8 Å². The van der Waals surface area contributed by atoms with E-state index in [1.54, 1.807) is 18.2 Å². The number of piperidine rings is 1. The van der Waals surface area contributed by atoms with Crippen LogP contribution in [0.25, 0.3) is 11.2 Å². The molecular formula is C22H27F2N5O3. The number of halogens is 2. The quantitative estimate of drug-likeness (QED) is 0.635. The first-order valence-electron chi connectivity index (χ1n) is 10.7. The molecule has 172 valence electrons. The van der Waals surface area contributed by atoms with Crippen molar-refractivity contribution in [2.24, 2.45) is 11.8 Å². The van der Waals surface area contributed by atoms with Crippen LogP contribution in [0.4, 0.5) is 8.78 Å². The first kappa shape index (κ1) is 22.3. The van der Waals surface area contributed by atoms with E-state index in [-0.39, 0.29) is 49.1 Å². The zero-order chi connectivity index (χ0) is 22.9. The van der Waals surface area contributed by atoms with E-state index >= 15 is 0 Å². The predicted octanol–water partition coefficient (Wildman–Crippen LogP) is 2.33. The van der Waals surface area contributed by atoms with Crippen molar-refractivity contribution in [2.75, 3.05) is 26.7 Å². The van der Waals surface area contributed by atoms with Gasteiger partial charge in [-0.2, -0.15) is 0 Å². The summed E-state index contributed by atoms with van der Waals surface area (Å²) in [5, 5.41) is 2.73. The van der Waals surface area contributed by atoms with Gasteiger partial charge in [0.05, 0.1) is 23.6 Å². The van der Waals surface area contributed by atoms with E-state index in [9.17, 15) is 18.4 Å². The van der Waals surface area contributed by atoms with E-state index in [0.717, 1.165) is 12.1 Å². The molecule has 2 fully saturated rings. The lowest BCUT2D eigenvalue weighted by Crippen LogP contribution is -2.47. The van der Waals surface area contributed by atoms with E-state index in [1.165, 1.54) is 12.3 Å². The molecule has 4 rings (SSSR count). The molecule has 0 unspecified atom stereocenters. The second-order valence-corrected chi connectivity index (χ2v) is 8.62. The minimum Gasteiger partial charge on any atom is -0.379 e. The average molecular weight is 447 g/mol. The number of nitrogens with zero attached hydrogens (tertiary/aromatic N) is 3. The summed E-state index contributed by atoms with van der Waals surface area (Å²) in [7, 11) is 1.63. The standard InChI is InChI=1S/C22H27F2N5O3/c1-3-18(30)29-5-4-14(17(12-29)32-2)6-15-10-25-20-19(28-15)16(11-26-20)21(31)27-9-13-7-22(23,24)8-13/h3,10-11,13-14,17H,1,4-9,12H2,2H3,(H,25,26)(H,27,31)/t14-,17-/m0/s1. The zero-order valence-electron chi connectivity index (χ0n) is 17.9. The molecule has 0 spiro atoms. The molecule has 1 saturated carbocycles. The van der Waals surface area contributed by atoms with Crippen LogP contribution in [0.2, 0.25) is 0 Å². The number of carbonyl (C=O) groups excluding carboxylic acids is 2. The van der Waals surface area contributed by atoms with Crippen molar-refractivity contribution >= 4 is 23.0 Å². The molecule has 32 heavy (non-hydrogen) atoms. The number of methoxy groups -OCH3 is 1. The molecule has 1 saturated heterocycles. The first-order valence-corrected chi connectivity index (χ1v) is 10.7. The maximum atomic E-state index is 13.0. The molecule has 2 aliphatic rings. The average Bonchev–Trinajstić information content (AvgIpc) is 3.19. The Morgan fingerprint density at radius 1 is 1.44 bits per heavy atom. The van der Waals surface area contributed by atoms with E-state index in [4.69, 9.17) is 4.74 Å². The number of H-pyrrole nitrogens is 1. The number of likely N-dealkylation sites (tertiary alicyclic amines) is 1. The third kappa shape index (κ3) is 4.64. The highest BCUT2D eigenvalue weighted by molar-refractivity contribution is 6.04. The number of amides is 2. The van der Waals surface area contributed by atoms with Crippen LogP contribution in [-0.2, 0) is 16.0 Å². The lowest BCUT2D eigenvalue weighted by molar-refractivity contribution is -0.131. The van der Waals surface area contributed by atoms with Gasteiger partial charge in [-0.3, -0.25) is 9.59 Å². The topological polar surface area (TPSA) is 100 Å². The fourth-order valence-corrected chi connectivity index (χ4v) is 4.52. The molecule has 1 aliphatic carbocycles. The molecule has 0 radical (unpaired) electrons. The van der Waals surface area contributed by atoms with Gasteiger partial charge in [0.15, 0.2) is 5.65 Å². The van der Waals surface area contributed by atoms with Gasteiger partial charge in [-0.25, -0.2) is 18.7 Å². The fourth-order valence-electron chi connectivity index (χ4n) is 4.52. The number of aromatic nitrogens is 3. The number of hydrogen-bond acceptors (Lipinski definition) is 5. The fraction of sp³-hybridized carbons (Fsp3) is 0.545. The summed E-state index contributed by atoms with van der Waals surface area (Å²) in [6.45, 7) is 4.85. The molecule has 3 heterocycles. The van der Waals surface area contributed by atoms with Crippen molar-refractivity contribution in [3.05, 3.63) is 36.3 Å². The second-order valence-electron chi connectivity index (χ2n) is 8.62. The summed E-state index contributed by atoms with van der Waals surface area (Å²) in [5.41, 5.74) is 2.01. The minimum absolute atomic E-state index is 0.111. The molecule has 0 bridgehead atoms. The van der Waals surface area contributed by atoms with Crippen molar-refractivity contribution in [2.45, 2.75) is 37.7 Å². The number of hydrogen-bond donors (Lipinski definition) is 2. The van der Waals surface area contributed by atoms with Gasteiger partial charge in [0.25, 0.3) is 5.91 Å². The van der Waals surface area contributed by atoms with Crippen LogP contribution in [0.3, 0.4) is 0 Å². The highest BCUT2D eigenvalue weighted by Gasteiger charge is 2.45. The van der Waals surface area contributed by atoms with Crippen molar-refractivity contribution in [3.8, 4) is 0 Å². The van der Waals surface area contributed by atoms with Gasteiger partial charge >= 0.3 is 0 Å². The molecule has 2 N–H and O–H groups in total. The third-order valence-corrected chi connectivity index (χ3v) is 6.36. The summed E-state index contributed by atoms with van der Waals surface area (Å²) in [4.78, 5) is 38.2. The maximum absolute atomic E-state index is 13.0. The molecule has 2 atom stereocenters. The van der Waals surface area contributed by atoms with Crippen molar-refractivity contribution < 1.29 is 23.1 Å². The van der Waals surface area contributed by atoms with Gasteiger partial charge in [0, 0.05) is 45.8 Å². The molecule has 10 heteroatoms. The second kappa shape index (κ2) is 8.93. The highest BCUT2D eigenvalue weighted by Crippen LogP contribution is 2.41. The smallest absolute Gasteiger partial charge is 0.255 e. The summed E-state index contributed by atoms with van der Waals surface area (Å²) in [5.74, 6) is -3.13. The maximum Gasteiger partial charge on any atom is 0.255 e. The van der Waals surface area contributed by atoms with Gasteiger partial charge in [-0.05, 0) is 30.8 Å². The molecule has 2 amide bonds.